The molecule has 2 rings (SSSR count). The van der Waals surface area contributed by atoms with Crippen LogP contribution in [0.15, 0.2) is 12.3 Å². The number of pyridine rings is 1. The van der Waals surface area contributed by atoms with E-state index in [0.29, 0.717) is 39.1 Å². The van der Waals surface area contributed by atoms with Crippen LogP contribution in [0.4, 0.5) is 5.82 Å². The summed E-state index contributed by atoms with van der Waals surface area (Å²) in [5.74, 6) is 1.61. The fourth-order valence-electron chi connectivity index (χ4n) is 1.93. The van der Waals surface area contributed by atoms with Crippen LogP contribution in [0, 0.1) is 6.92 Å². The molecule has 0 fully saturated rings. The van der Waals surface area contributed by atoms with Crippen molar-refractivity contribution in [2.45, 2.75) is 33.3 Å². The maximum atomic E-state index is 6.29. The molecule has 1 atom stereocenters. The molecule has 23 heavy (non-hydrogen) atoms. The van der Waals surface area contributed by atoms with Crippen molar-refractivity contribution in [3.05, 3.63) is 38.8 Å². The highest BCUT2D eigenvalue weighted by molar-refractivity contribution is 6.35. The van der Waals surface area contributed by atoms with E-state index in [-0.39, 0.29) is 6.10 Å². The zero-order valence-electron chi connectivity index (χ0n) is 13.0. The van der Waals surface area contributed by atoms with E-state index in [4.69, 9.17) is 39.5 Å². The number of anilines is 1. The molecule has 1 N–H and O–H groups in total. The van der Waals surface area contributed by atoms with Crippen LogP contribution >= 0.6 is 34.8 Å². The number of hydrogen-bond donors (Lipinski definition) is 1. The third-order valence-corrected chi connectivity index (χ3v) is 3.88. The Labute approximate surface area is 150 Å². The summed E-state index contributed by atoms with van der Waals surface area (Å²) in [6.07, 6.45) is 2.03. The van der Waals surface area contributed by atoms with Crippen LogP contribution < -0.4 is 10.1 Å². The van der Waals surface area contributed by atoms with E-state index in [9.17, 15) is 0 Å². The molecule has 2 aromatic rings. The third kappa shape index (κ3) is 4.83. The van der Waals surface area contributed by atoms with E-state index in [1.165, 1.54) is 6.20 Å². The Kier molecular flexibility index (Phi) is 6.27. The van der Waals surface area contributed by atoms with Crippen LogP contribution in [0.3, 0.4) is 0 Å². The van der Waals surface area contributed by atoms with Gasteiger partial charge in [0, 0.05) is 6.20 Å². The topological polar surface area (TPSA) is 59.9 Å². The van der Waals surface area contributed by atoms with E-state index in [2.05, 4.69) is 20.3 Å². The summed E-state index contributed by atoms with van der Waals surface area (Å²) in [4.78, 5) is 12.7. The molecule has 0 aliphatic rings. The zero-order chi connectivity index (χ0) is 17.0. The van der Waals surface area contributed by atoms with Gasteiger partial charge in [-0.05, 0) is 26.3 Å². The number of halogens is 3. The van der Waals surface area contributed by atoms with Crippen LogP contribution in [0.5, 0.6) is 5.88 Å². The quantitative estimate of drug-likeness (QED) is 0.800. The van der Waals surface area contributed by atoms with E-state index >= 15 is 0 Å². The molecule has 0 aromatic carbocycles. The molecule has 2 heterocycles. The number of aromatic nitrogens is 3. The predicted molar refractivity (Wildman–Crippen MR) is 94.0 cm³/mol. The Morgan fingerprint density at radius 3 is 2.65 bits per heavy atom. The molecule has 1 unspecified atom stereocenters. The Bertz CT molecular complexity index is 697. The summed E-state index contributed by atoms with van der Waals surface area (Å²) in [6, 6.07) is 1.59. The van der Waals surface area contributed by atoms with Gasteiger partial charge in [-0.1, -0.05) is 41.7 Å². The SMILES string of the molecule is CCc1nc(C)nc(NCC(C)Oc2ncc(Cl)cc2Cl)c1Cl. The van der Waals surface area contributed by atoms with Crippen molar-refractivity contribution in [3.8, 4) is 5.88 Å². The number of rotatable bonds is 6. The van der Waals surface area contributed by atoms with Crippen LogP contribution in [-0.4, -0.2) is 27.6 Å². The Morgan fingerprint density at radius 1 is 1.26 bits per heavy atom. The van der Waals surface area contributed by atoms with Crippen molar-refractivity contribution < 1.29 is 4.74 Å². The molecule has 0 saturated carbocycles. The van der Waals surface area contributed by atoms with Crippen LogP contribution in [0.25, 0.3) is 0 Å². The van der Waals surface area contributed by atoms with Gasteiger partial charge in [-0.15, -0.1) is 0 Å². The van der Waals surface area contributed by atoms with Gasteiger partial charge in [-0.25, -0.2) is 15.0 Å². The molecule has 0 aliphatic heterocycles. The summed E-state index contributed by atoms with van der Waals surface area (Å²) < 4.78 is 5.70. The summed E-state index contributed by atoms with van der Waals surface area (Å²) >= 11 is 18.1. The van der Waals surface area contributed by atoms with Gasteiger partial charge in [0.1, 0.15) is 27.8 Å². The first-order valence-corrected chi connectivity index (χ1v) is 8.28. The van der Waals surface area contributed by atoms with Gasteiger partial charge in [-0.3, -0.25) is 0 Å². The fraction of sp³-hybridized carbons (Fsp3) is 0.400. The van der Waals surface area contributed by atoms with Gasteiger partial charge >= 0.3 is 0 Å². The number of hydrogen-bond acceptors (Lipinski definition) is 5. The van der Waals surface area contributed by atoms with Gasteiger partial charge in [0.2, 0.25) is 5.88 Å². The lowest BCUT2D eigenvalue weighted by molar-refractivity contribution is 0.225. The first-order valence-electron chi connectivity index (χ1n) is 7.15. The molecule has 0 aliphatic carbocycles. The number of aryl methyl sites for hydroxylation is 2. The third-order valence-electron chi connectivity index (χ3n) is 3.01. The normalized spacial score (nSPS) is 12.1. The standard InChI is InChI=1S/C15H17Cl3N4O/c1-4-12-13(18)14(22-9(3)21-12)19-6-8(2)23-15-11(17)5-10(16)7-20-15/h5,7-8H,4,6H2,1-3H3,(H,19,21,22). The molecule has 0 amide bonds. The maximum absolute atomic E-state index is 6.29. The maximum Gasteiger partial charge on any atom is 0.232 e. The lowest BCUT2D eigenvalue weighted by atomic mass is 10.3. The first-order chi connectivity index (χ1) is 10.9. The molecule has 124 valence electrons. The first kappa shape index (κ1) is 18.0. The van der Waals surface area contributed by atoms with Crippen molar-refractivity contribution in [2.75, 3.05) is 11.9 Å². The molecule has 8 heteroatoms. The minimum absolute atomic E-state index is 0.197. The summed E-state index contributed by atoms with van der Waals surface area (Å²) in [7, 11) is 0. The second-order valence-corrected chi connectivity index (χ2v) is 6.21. The lowest BCUT2D eigenvalue weighted by Crippen LogP contribution is -2.24. The second kappa shape index (κ2) is 7.99. The van der Waals surface area contributed by atoms with Crippen molar-refractivity contribution in [1.29, 1.82) is 0 Å². The minimum Gasteiger partial charge on any atom is -0.472 e. The molecular weight excluding hydrogens is 359 g/mol. The van der Waals surface area contributed by atoms with Crippen LogP contribution in [0.2, 0.25) is 15.1 Å². The fourth-order valence-corrected chi connectivity index (χ4v) is 2.64. The van der Waals surface area contributed by atoms with Crippen LogP contribution in [-0.2, 0) is 6.42 Å². The van der Waals surface area contributed by atoms with E-state index in [0.717, 1.165) is 12.1 Å². The zero-order valence-corrected chi connectivity index (χ0v) is 15.3. The van der Waals surface area contributed by atoms with E-state index < -0.39 is 0 Å². The van der Waals surface area contributed by atoms with Crippen molar-refractivity contribution in [2.24, 2.45) is 0 Å². The van der Waals surface area contributed by atoms with Gasteiger partial charge < -0.3 is 10.1 Å². The van der Waals surface area contributed by atoms with Crippen molar-refractivity contribution in [3.63, 3.8) is 0 Å². The highest BCUT2D eigenvalue weighted by atomic mass is 35.5. The van der Waals surface area contributed by atoms with Crippen LogP contribution in [0.1, 0.15) is 25.4 Å². The monoisotopic (exact) mass is 374 g/mol. The minimum atomic E-state index is -0.197. The molecule has 0 saturated heterocycles. The van der Waals surface area contributed by atoms with Crippen molar-refractivity contribution in [1.82, 2.24) is 15.0 Å². The van der Waals surface area contributed by atoms with Gasteiger partial charge in [0.05, 0.1) is 17.3 Å². The van der Waals surface area contributed by atoms with Gasteiger partial charge in [0.15, 0.2) is 0 Å². The van der Waals surface area contributed by atoms with Gasteiger partial charge in [0.25, 0.3) is 0 Å². The Balaban J connectivity index is 2.02. The second-order valence-electron chi connectivity index (χ2n) is 4.98. The predicted octanol–water partition coefficient (Wildman–Crippen LogP) is 4.58. The van der Waals surface area contributed by atoms with Gasteiger partial charge in [-0.2, -0.15) is 0 Å². The Hall–Kier alpha value is -1.30. The number of nitrogens with zero attached hydrogens (tertiary/aromatic N) is 3. The average Bonchev–Trinajstić information content (AvgIpc) is 2.50. The molecule has 2 aromatic heterocycles. The van der Waals surface area contributed by atoms with E-state index in [1.807, 2.05) is 20.8 Å². The summed E-state index contributed by atoms with van der Waals surface area (Å²) in [5.41, 5.74) is 0.817. The number of nitrogens with one attached hydrogen (secondary N) is 1. The number of ether oxygens (including phenoxy) is 1. The lowest BCUT2D eigenvalue weighted by Gasteiger charge is -2.17. The average molecular weight is 376 g/mol. The van der Waals surface area contributed by atoms with E-state index in [1.54, 1.807) is 6.07 Å². The molecule has 0 spiro atoms. The molecule has 0 bridgehead atoms. The summed E-state index contributed by atoms with van der Waals surface area (Å²) in [5, 5.41) is 4.54. The highest BCUT2D eigenvalue weighted by Gasteiger charge is 2.13. The largest absolute Gasteiger partial charge is 0.472 e. The molecule has 0 radical (unpaired) electrons. The summed E-state index contributed by atoms with van der Waals surface area (Å²) in [6.45, 7) is 6.21. The Morgan fingerprint density at radius 2 is 2.00 bits per heavy atom. The smallest absolute Gasteiger partial charge is 0.232 e. The molecule has 5 nitrogen and oxygen atoms in total. The highest BCUT2D eigenvalue weighted by Crippen LogP contribution is 2.26. The molecular formula is C15H17Cl3N4O. The van der Waals surface area contributed by atoms with Crippen molar-refractivity contribution >= 4 is 40.6 Å².